The lowest BCUT2D eigenvalue weighted by atomic mass is 10.1. The molecular weight excluding hydrogens is 252 g/mol. The average molecular weight is 272 g/mol. The van der Waals surface area contributed by atoms with E-state index >= 15 is 0 Å². The SMILES string of the molecule is COc1cc(N)c(Nc2cccc(C)c2C)cc1OC. The molecule has 2 aromatic rings. The van der Waals surface area contributed by atoms with E-state index in [2.05, 4.69) is 25.2 Å². The van der Waals surface area contributed by atoms with Crippen molar-refractivity contribution in [3.63, 3.8) is 0 Å². The summed E-state index contributed by atoms with van der Waals surface area (Å²) in [7, 11) is 3.20. The van der Waals surface area contributed by atoms with Crippen LogP contribution in [0.25, 0.3) is 0 Å². The Kier molecular flexibility index (Phi) is 4.03. The molecule has 2 rings (SSSR count). The summed E-state index contributed by atoms with van der Waals surface area (Å²) in [4.78, 5) is 0. The van der Waals surface area contributed by atoms with E-state index < -0.39 is 0 Å². The first-order valence-corrected chi connectivity index (χ1v) is 6.41. The highest BCUT2D eigenvalue weighted by Gasteiger charge is 2.10. The van der Waals surface area contributed by atoms with Gasteiger partial charge < -0.3 is 20.5 Å². The predicted molar refractivity (Wildman–Crippen MR) is 83.2 cm³/mol. The molecule has 0 heterocycles. The quantitative estimate of drug-likeness (QED) is 0.834. The number of nitrogens with two attached hydrogens (primary N) is 1. The van der Waals surface area contributed by atoms with Crippen molar-refractivity contribution >= 4 is 17.1 Å². The van der Waals surface area contributed by atoms with Gasteiger partial charge in [0.15, 0.2) is 11.5 Å². The minimum atomic E-state index is 0.614. The summed E-state index contributed by atoms with van der Waals surface area (Å²) in [6.07, 6.45) is 0. The normalized spacial score (nSPS) is 10.2. The van der Waals surface area contributed by atoms with E-state index in [-0.39, 0.29) is 0 Å². The van der Waals surface area contributed by atoms with Crippen LogP contribution < -0.4 is 20.5 Å². The molecule has 0 aliphatic carbocycles. The van der Waals surface area contributed by atoms with Gasteiger partial charge in [-0.1, -0.05) is 12.1 Å². The van der Waals surface area contributed by atoms with Crippen LogP contribution >= 0.6 is 0 Å². The third kappa shape index (κ3) is 2.64. The average Bonchev–Trinajstić information content (AvgIpc) is 2.45. The predicted octanol–water partition coefficient (Wildman–Crippen LogP) is 3.65. The van der Waals surface area contributed by atoms with Crippen molar-refractivity contribution < 1.29 is 9.47 Å². The molecule has 0 saturated carbocycles. The fourth-order valence-electron chi connectivity index (χ4n) is 2.03. The molecule has 4 heteroatoms. The summed E-state index contributed by atoms with van der Waals surface area (Å²) < 4.78 is 10.5. The second-order valence-corrected chi connectivity index (χ2v) is 4.67. The smallest absolute Gasteiger partial charge is 0.162 e. The van der Waals surface area contributed by atoms with Crippen molar-refractivity contribution in [1.82, 2.24) is 0 Å². The van der Waals surface area contributed by atoms with Crippen LogP contribution in [0.1, 0.15) is 11.1 Å². The Bertz CT molecular complexity index is 624. The van der Waals surface area contributed by atoms with E-state index in [1.807, 2.05) is 18.2 Å². The van der Waals surface area contributed by atoms with Gasteiger partial charge in [0.25, 0.3) is 0 Å². The van der Waals surface area contributed by atoms with E-state index in [1.165, 1.54) is 11.1 Å². The molecule has 0 fully saturated rings. The third-order valence-electron chi connectivity index (χ3n) is 3.43. The van der Waals surface area contributed by atoms with E-state index in [4.69, 9.17) is 15.2 Å². The molecule has 0 saturated heterocycles. The highest BCUT2D eigenvalue weighted by molar-refractivity contribution is 5.77. The monoisotopic (exact) mass is 272 g/mol. The van der Waals surface area contributed by atoms with E-state index in [1.54, 1.807) is 20.3 Å². The van der Waals surface area contributed by atoms with Crippen LogP contribution in [-0.4, -0.2) is 14.2 Å². The highest BCUT2D eigenvalue weighted by atomic mass is 16.5. The molecule has 0 aliphatic heterocycles. The standard InChI is InChI=1S/C16H20N2O2/c1-10-6-5-7-13(11(10)2)18-14-9-16(20-4)15(19-3)8-12(14)17/h5-9,18H,17H2,1-4H3. The van der Waals surface area contributed by atoms with Gasteiger partial charge in [-0.2, -0.15) is 0 Å². The number of nitrogens with one attached hydrogen (secondary N) is 1. The van der Waals surface area contributed by atoms with Gasteiger partial charge >= 0.3 is 0 Å². The van der Waals surface area contributed by atoms with Gasteiger partial charge in [0.1, 0.15) is 0 Å². The van der Waals surface area contributed by atoms with Gasteiger partial charge in [-0.15, -0.1) is 0 Å². The number of rotatable bonds is 4. The first-order valence-electron chi connectivity index (χ1n) is 6.41. The number of hydrogen-bond acceptors (Lipinski definition) is 4. The second-order valence-electron chi connectivity index (χ2n) is 4.67. The third-order valence-corrected chi connectivity index (χ3v) is 3.43. The Morgan fingerprint density at radius 1 is 0.950 bits per heavy atom. The van der Waals surface area contributed by atoms with Gasteiger partial charge in [0, 0.05) is 17.8 Å². The molecule has 4 nitrogen and oxygen atoms in total. The fraction of sp³-hybridized carbons (Fsp3) is 0.250. The minimum absolute atomic E-state index is 0.614. The van der Waals surface area contributed by atoms with Crippen molar-refractivity contribution in [2.45, 2.75) is 13.8 Å². The van der Waals surface area contributed by atoms with Crippen molar-refractivity contribution in [3.8, 4) is 11.5 Å². The summed E-state index contributed by atoms with van der Waals surface area (Å²) in [6.45, 7) is 4.16. The van der Waals surface area contributed by atoms with Crippen LogP contribution in [-0.2, 0) is 0 Å². The summed E-state index contributed by atoms with van der Waals surface area (Å²) >= 11 is 0. The molecule has 20 heavy (non-hydrogen) atoms. The molecule has 2 aromatic carbocycles. The Morgan fingerprint density at radius 2 is 1.60 bits per heavy atom. The number of methoxy groups -OCH3 is 2. The van der Waals surface area contributed by atoms with Crippen LogP contribution in [0.2, 0.25) is 0 Å². The molecule has 0 bridgehead atoms. The first-order chi connectivity index (χ1) is 9.56. The maximum Gasteiger partial charge on any atom is 0.162 e. The highest BCUT2D eigenvalue weighted by Crippen LogP contribution is 2.36. The second kappa shape index (κ2) is 5.74. The fourth-order valence-corrected chi connectivity index (χ4v) is 2.03. The molecule has 106 valence electrons. The Balaban J connectivity index is 2.41. The number of nitrogen functional groups attached to an aromatic ring is 1. The molecule has 0 atom stereocenters. The summed E-state index contributed by atoms with van der Waals surface area (Å²) in [6, 6.07) is 9.72. The Labute approximate surface area is 119 Å². The Hall–Kier alpha value is -2.36. The minimum Gasteiger partial charge on any atom is -0.493 e. The van der Waals surface area contributed by atoms with Gasteiger partial charge in [0.2, 0.25) is 0 Å². The molecular formula is C16H20N2O2. The number of hydrogen-bond donors (Lipinski definition) is 2. The summed E-state index contributed by atoms with van der Waals surface area (Å²) in [5.74, 6) is 1.27. The van der Waals surface area contributed by atoms with Crippen LogP contribution in [0.3, 0.4) is 0 Å². The van der Waals surface area contributed by atoms with Gasteiger partial charge in [-0.25, -0.2) is 0 Å². The van der Waals surface area contributed by atoms with Gasteiger partial charge in [-0.3, -0.25) is 0 Å². The molecule has 3 N–H and O–H groups in total. The van der Waals surface area contributed by atoms with Crippen molar-refractivity contribution in [3.05, 3.63) is 41.5 Å². The molecule has 0 aliphatic rings. The lowest BCUT2D eigenvalue weighted by Crippen LogP contribution is -2.01. The molecule has 0 aromatic heterocycles. The topological polar surface area (TPSA) is 56.5 Å². The van der Waals surface area contributed by atoms with Crippen molar-refractivity contribution in [2.75, 3.05) is 25.3 Å². The lowest BCUT2D eigenvalue weighted by Gasteiger charge is -2.16. The zero-order valence-corrected chi connectivity index (χ0v) is 12.3. The lowest BCUT2D eigenvalue weighted by molar-refractivity contribution is 0.355. The van der Waals surface area contributed by atoms with Crippen LogP contribution in [0.4, 0.5) is 17.1 Å². The number of ether oxygens (including phenoxy) is 2. The maximum atomic E-state index is 6.06. The largest absolute Gasteiger partial charge is 0.493 e. The molecule has 0 spiro atoms. The number of benzene rings is 2. The first kappa shape index (κ1) is 14.1. The van der Waals surface area contributed by atoms with E-state index in [0.717, 1.165) is 11.4 Å². The van der Waals surface area contributed by atoms with E-state index in [9.17, 15) is 0 Å². The molecule has 0 amide bonds. The molecule has 0 unspecified atom stereocenters. The number of aryl methyl sites for hydroxylation is 1. The van der Waals surface area contributed by atoms with Crippen molar-refractivity contribution in [1.29, 1.82) is 0 Å². The van der Waals surface area contributed by atoms with Gasteiger partial charge in [-0.05, 0) is 31.0 Å². The van der Waals surface area contributed by atoms with Crippen LogP contribution in [0.15, 0.2) is 30.3 Å². The molecule has 0 radical (unpaired) electrons. The maximum absolute atomic E-state index is 6.06. The van der Waals surface area contributed by atoms with E-state index in [0.29, 0.717) is 17.2 Å². The summed E-state index contributed by atoms with van der Waals surface area (Å²) in [5.41, 5.74) is 10.9. The van der Waals surface area contributed by atoms with Gasteiger partial charge in [0.05, 0.1) is 25.6 Å². The van der Waals surface area contributed by atoms with Crippen molar-refractivity contribution in [2.24, 2.45) is 0 Å². The zero-order valence-electron chi connectivity index (χ0n) is 12.3. The number of anilines is 3. The van der Waals surface area contributed by atoms with Crippen LogP contribution in [0, 0.1) is 13.8 Å². The zero-order chi connectivity index (χ0) is 14.7. The Morgan fingerprint density at radius 3 is 2.25 bits per heavy atom. The van der Waals surface area contributed by atoms with Crippen LogP contribution in [0.5, 0.6) is 11.5 Å². The summed E-state index contributed by atoms with van der Waals surface area (Å²) in [5, 5.41) is 3.35.